The standard InChI is InChI=1S/C18H20ClNO5/c1-11-13-8-12(19)4-5-14(13)25-15(11)16(21)20-7-3-6-18(9-20,10-24-2)17(22)23/h4-5,8H,3,6-7,9-10H2,1-2H3,(H,22,23). The van der Waals surface area contributed by atoms with Gasteiger partial charge in [-0.15, -0.1) is 0 Å². The maximum Gasteiger partial charge on any atom is 0.313 e. The molecule has 3 rings (SSSR count). The zero-order chi connectivity index (χ0) is 18.2. The van der Waals surface area contributed by atoms with E-state index in [-0.39, 0.29) is 24.8 Å². The fourth-order valence-corrected chi connectivity index (χ4v) is 3.65. The van der Waals surface area contributed by atoms with E-state index in [1.54, 1.807) is 30.0 Å². The number of nitrogens with zero attached hydrogens (tertiary/aromatic N) is 1. The monoisotopic (exact) mass is 365 g/mol. The van der Waals surface area contributed by atoms with Crippen molar-refractivity contribution in [3.8, 4) is 0 Å². The Bertz CT molecular complexity index is 826. The van der Waals surface area contributed by atoms with Gasteiger partial charge in [0.15, 0.2) is 5.76 Å². The second kappa shape index (κ2) is 6.69. The summed E-state index contributed by atoms with van der Waals surface area (Å²) in [6, 6.07) is 5.19. The SMILES string of the molecule is COCC1(C(=O)O)CCCN(C(=O)c2oc3ccc(Cl)cc3c2C)C1. The second-order valence-corrected chi connectivity index (χ2v) is 6.98. The number of carboxylic acids is 1. The van der Waals surface area contributed by atoms with Crippen molar-refractivity contribution in [2.45, 2.75) is 19.8 Å². The fourth-order valence-electron chi connectivity index (χ4n) is 3.48. The van der Waals surface area contributed by atoms with Crippen LogP contribution in [0.25, 0.3) is 11.0 Å². The van der Waals surface area contributed by atoms with Crippen molar-refractivity contribution < 1.29 is 23.8 Å². The smallest absolute Gasteiger partial charge is 0.313 e. The number of carboxylic acid groups (broad SMARTS) is 1. The van der Waals surface area contributed by atoms with Crippen molar-refractivity contribution >= 4 is 34.4 Å². The van der Waals surface area contributed by atoms with Crippen LogP contribution in [0.5, 0.6) is 0 Å². The average Bonchev–Trinajstić information content (AvgIpc) is 2.91. The molecule has 1 saturated heterocycles. The van der Waals surface area contributed by atoms with Gasteiger partial charge < -0.3 is 19.2 Å². The summed E-state index contributed by atoms with van der Waals surface area (Å²) in [5.74, 6) is -1.01. The molecule has 6 nitrogen and oxygen atoms in total. The van der Waals surface area contributed by atoms with Crippen molar-refractivity contribution in [3.05, 3.63) is 34.5 Å². The Kier molecular flexibility index (Phi) is 4.75. The van der Waals surface area contributed by atoms with Crippen LogP contribution in [0.15, 0.2) is 22.6 Å². The van der Waals surface area contributed by atoms with Crippen LogP contribution in [0, 0.1) is 12.3 Å². The van der Waals surface area contributed by atoms with E-state index in [1.807, 2.05) is 0 Å². The molecule has 0 spiro atoms. The number of halogens is 1. The van der Waals surface area contributed by atoms with Crippen LogP contribution in [-0.4, -0.2) is 48.7 Å². The zero-order valence-corrected chi connectivity index (χ0v) is 14.9. The number of carbonyl (C=O) groups excluding carboxylic acids is 1. The molecule has 0 saturated carbocycles. The number of carbonyl (C=O) groups is 2. The van der Waals surface area contributed by atoms with E-state index < -0.39 is 11.4 Å². The highest BCUT2D eigenvalue weighted by atomic mass is 35.5. The van der Waals surface area contributed by atoms with Gasteiger partial charge in [0.05, 0.1) is 6.61 Å². The number of aryl methyl sites for hydroxylation is 1. The number of likely N-dealkylation sites (tertiary alicyclic amines) is 1. The minimum atomic E-state index is -1.08. The van der Waals surface area contributed by atoms with Crippen molar-refractivity contribution in [2.75, 3.05) is 26.8 Å². The lowest BCUT2D eigenvalue weighted by molar-refractivity contribution is -0.155. The Balaban J connectivity index is 1.92. The second-order valence-electron chi connectivity index (χ2n) is 6.55. The van der Waals surface area contributed by atoms with E-state index in [9.17, 15) is 14.7 Å². The Hall–Kier alpha value is -2.05. The minimum absolute atomic E-state index is 0.0703. The highest BCUT2D eigenvalue weighted by molar-refractivity contribution is 6.31. The van der Waals surface area contributed by atoms with Crippen molar-refractivity contribution in [1.29, 1.82) is 0 Å². The van der Waals surface area contributed by atoms with E-state index in [0.717, 1.165) is 5.39 Å². The molecule has 2 aromatic rings. The summed E-state index contributed by atoms with van der Waals surface area (Å²) in [5.41, 5.74) is 0.218. The Morgan fingerprint density at radius 2 is 2.20 bits per heavy atom. The summed E-state index contributed by atoms with van der Waals surface area (Å²) in [6.45, 7) is 2.47. The van der Waals surface area contributed by atoms with Crippen molar-refractivity contribution in [2.24, 2.45) is 5.41 Å². The minimum Gasteiger partial charge on any atom is -0.481 e. The summed E-state index contributed by atoms with van der Waals surface area (Å²) >= 11 is 6.02. The quantitative estimate of drug-likeness (QED) is 0.898. The highest BCUT2D eigenvalue weighted by Gasteiger charge is 2.44. The van der Waals surface area contributed by atoms with E-state index >= 15 is 0 Å². The van der Waals surface area contributed by atoms with Gasteiger partial charge in [-0.05, 0) is 38.0 Å². The number of rotatable bonds is 4. The number of benzene rings is 1. The molecule has 0 radical (unpaired) electrons. The number of ether oxygens (including phenoxy) is 1. The number of furan rings is 1. The molecule has 1 fully saturated rings. The van der Waals surface area contributed by atoms with Crippen molar-refractivity contribution in [1.82, 2.24) is 4.90 Å². The molecule has 1 aliphatic heterocycles. The first-order chi connectivity index (χ1) is 11.9. The van der Waals surface area contributed by atoms with Gasteiger partial charge in [-0.1, -0.05) is 11.6 Å². The molecule has 134 valence electrons. The molecule has 25 heavy (non-hydrogen) atoms. The molecular weight excluding hydrogens is 346 g/mol. The van der Waals surface area contributed by atoms with E-state index in [1.165, 1.54) is 7.11 Å². The lowest BCUT2D eigenvalue weighted by Crippen LogP contribution is -2.52. The number of methoxy groups -OCH3 is 1. The normalized spacial score (nSPS) is 20.8. The van der Waals surface area contributed by atoms with Gasteiger partial charge in [-0.25, -0.2) is 0 Å². The molecule has 2 heterocycles. The number of hydrogen-bond donors (Lipinski definition) is 1. The summed E-state index contributed by atoms with van der Waals surface area (Å²) in [7, 11) is 1.47. The highest BCUT2D eigenvalue weighted by Crippen LogP contribution is 2.34. The summed E-state index contributed by atoms with van der Waals surface area (Å²) < 4.78 is 10.8. The third kappa shape index (κ3) is 3.12. The maximum atomic E-state index is 13.0. The van der Waals surface area contributed by atoms with Crippen LogP contribution in [0.3, 0.4) is 0 Å². The van der Waals surface area contributed by atoms with E-state index in [4.69, 9.17) is 20.8 Å². The lowest BCUT2D eigenvalue weighted by Gasteiger charge is -2.39. The predicted molar refractivity (Wildman–Crippen MR) is 93.0 cm³/mol. The van der Waals surface area contributed by atoms with Crippen LogP contribution in [0.2, 0.25) is 5.02 Å². The first kappa shape index (κ1) is 17.8. The van der Waals surface area contributed by atoms with Gasteiger partial charge in [-0.3, -0.25) is 9.59 Å². The van der Waals surface area contributed by atoms with Gasteiger partial charge in [0.25, 0.3) is 5.91 Å². The third-order valence-electron chi connectivity index (χ3n) is 4.83. The summed E-state index contributed by atoms with van der Waals surface area (Å²) in [6.07, 6.45) is 1.08. The molecule has 0 aliphatic carbocycles. The van der Waals surface area contributed by atoms with Crippen LogP contribution in [-0.2, 0) is 9.53 Å². The van der Waals surface area contributed by atoms with E-state index in [0.29, 0.717) is 35.6 Å². The molecule has 0 bridgehead atoms. The summed E-state index contributed by atoms with van der Waals surface area (Å²) in [5, 5.41) is 11.0. The number of hydrogen-bond acceptors (Lipinski definition) is 4. The molecule has 1 aromatic carbocycles. The Labute approximate surface area is 150 Å². The van der Waals surface area contributed by atoms with Crippen LogP contribution >= 0.6 is 11.6 Å². The fraction of sp³-hybridized carbons (Fsp3) is 0.444. The van der Waals surface area contributed by atoms with Gasteiger partial charge in [0.2, 0.25) is 0 Å². The van der Waals surface area contributed by atoms with Crippen molar-refractivity contribution in [3.63, 3.8) is 0 Å². The Morgan fingerprint density at radius 1 is 1.44 bits per heavy atom. The third-order valence-corrected chi connectivity index (χ3v) is 5.07. The molecule has 1 amide bonds. The van der Waals surface area contributed by atoms with Gasteiger partial charge in [0.1, 0.15) is 11.0 Å². The molecular formula is C18H20ClNO5. The Morgan fingerprint density at radius 3 is 2.88 bits per heavy atom. The number of aliphatic carboxylic acids is 1. The largest absolute Gasteiger partial charge is 0.481 e. The number of piperidine rings is 1. The first-order valence-electron chi connectivity index (χ1n) is 8.08. The first-order valence-corrected chi connectivity index (χ1v) is 8.46. The molecule has 1 aliphatic rings. The molecule has 1 N–H and O–H groups in total. The predicted octanol–water partition coefficient (Wildman–Crippen LogP) is 3.35. The maximum absolute atomic E-state index is 13.0. The molecule has 7 heteroatoms. The topological polar surface area (TPSA) is 80.0 Å². The van der Waals surface area contributed by atoms with Gasteiger partial charge in [0, 0.05) is 36.2 Å². The van der Waals surface area contributed by atoms with Gasteiger partial charge in [-0.2, -0.15) is 0 Å². The number of amides is 1. The molecule has 1 aromatic heterocycles. The molecule has 1 unspecified atom stereocenters. The lowest BCUT2D eigenvalue weighted by atomic mass is 9.80. The van der Waals surface area contributed by atoms with Crippen LogP contribution < -0.4 is 0 Å². The molecule has 1 atom stereocenters. The average molecular weight is 366 g/mol. The zero-order valence-electron chi connectivity index (χ0n) is 14.2. The number of fused-ring (bicyclic) bond motifs is 1. The van der Waals surface area contributed by atoms with Crippen LogP contribution in [0.1, 0.15) is 29.0 Å². The summed E-state index contributed by atoms with van der Waals surface area (Å²) in [4.78, 5) is 26.3. The van der Waals surface area contributed by atoms with Crippen LogP contribution in [0.4, 0.5) is 0 Å². The van der Waals surface area contributed by atoms with Gasteiger partial charge >= 0.3 is 5.97 Å². The van der Waals surface area contributed by atoms with E-state index in [2.05, 4.69) is 0 Å².